The summed E-state index contributed by atoms with van der Waals surface area (Å²) < 4.78 is 6.96. The molecule has 0 amide bonds. The number of ether oxygens (including phenoxy) is 1. The molecule has 3 aromatic rings. The van der Waals surface area contributed by atoms with Gasteiger partial charge in [0.25, 0.3) is 5.69 Å². The van der Waals surface area contributed by atoms with Crippen LogP contribution in [0.1, 0.15) is 16.7 Å². The lowest BCUT2D eigenvalue weighted by Gasteiger charge is -2.00. The van der Waals surface area contributed by atoms with Gasteiger partial charge in [-0.05, 0) is 29.8 Å². The highest BCUT2D eigenvalue weighted by Gasteiger charge is 2.13. The zero-order valence-electron chi connectivity index (χ0n) is 13.8. The summed E-state index contributed by atoms with van der Waals surface area (Å²) >= 11 is 5.75. The van der Waals surface area contributed by atoms with Crippen LogP contribution in [0.3, 0.4) is 0 Å². The molecule has 0 spiro atoms. The Morgan fingerprint density at radius 3 is 2.93 bits per heavy atom. The molecule has 2 heterocycles. The Hall–Kier alpha value is -3.63. The lowest BCUT2D eigenvalue weighted by Crippen LogP contribution is -2.01. The third-order valence-electron chi connectivity index (χ3n) is 3.82. The van der Waals surface area contributed by atoms with E-state index in [4.69, 9.17) is 16.3 Å². The van der Waals surface area contributed by atoms with E-state index in [9.17, 15) is 20.2 Å². The summed E-state index contributed by atoms with van der Waals surface area (Å²) in [5.74, 6) is -0.633. The van der Waals surface area contributed by atoms with Crippen molar-refractivity contribution >= 4 is 34.9 Å². The fourth-order valence-corrected chi connectivity index (χ4v) is 2.74. The van der Waals surface area contributed by atoms with Crippen LogP contribution in [0.4, 0.5) is 5.69 Å². The van der Waals surface area contributed by atoms with Gasteiger partial charge in [0.2, 0.25) is 0 Å². The first kappa shape index (κ1) is 18.2. The molecule has 0 saturated carbocycles. The Morgan fingerprint density at radius 1 is 1.37 bits per heavy atom. The van der Waals surface area contributed by atoms with Crippen molar-refractivity contribution in [3.63, 3.8) is 0 Å². The number of pyridine rings is 1. The maximum Gasteiger partial charge on any atom is 0.331 e. The Kier molecular flexibility index (Phi) is 5.20. The van der Waals surface area contributed by atoms with Crippen molar-refractivity contribution in [1.82, 2.24) is 4.40 Å². The fourth-order valence-electron chi connectivity index (χ4n) is 2.55. The highest BCUT2D eigenvalue weighted by Crippen LogP contribution is 2.25. The molecule has 0 radical (unpaired) electrons. The molecular weight excluding hydrogens is 370 g/mol. The Labute approximate surface area is 158 Å². The summed E-state index contributed by atoms with van der Waals surface area (Å²) in [7, 11) is 0. The van der Waals surface area contributed by atoms with Crippen LogP contribution < -0.4 is 0 Å². The predicted octanol–water partition coefficient (Wildman–Crippen LogP) is 4.13. The molecule has 8 heteroatoms. The Balaban J connectivity index is 1.70. The maximum absolute atomic E-state index is 11.9. The minimum absolute atomic E-state index is 0.0181. The van der Waals surface area contributed by atoms with E-state index < -0.39 is 10.9 Å². The quantitative estimate of drug-likeness (QED) is 0.286. The number of aromatic nitrogens is 1. The lowest BCUT2D eigenvalue weighted by atomic mass is 10.2. The molecule has 0 aliphatic heterocycles. The number of esters is 1. The monoisotopic (exact) mass is 381 g/mol. The number of nitriles is 1. The van der Waals surface area contributed by atoms with Crippen LogP contribution in [-0.4, -0.2) is 15.3 Å². The van der Waals surface area contributed by atoms with Crippen molar-refractivity contribution in [2.45, 2.75) is 6.61 Å². The molecule has 0 bridgehead atoms. The number of rotatable bonds is 5. The van der Waals surface area contributed by atoms with Crippen LogP contribution >= 0.6 is 11.6 Å². The van der Waals surface area contributed by atoms with Gasteiger partial charge in [0.05, 0.1) is 16.0 Å². The van der Waals surface area contributed by atoms with Crippen LogP contribution in [0.25, 0.3) is 11.6 Å². The van der Waals surface area contributed by atoms with E-state index in [2.05, 4.69) is 6.07 Å². The standard InChI is InChI=1S/C19H12ClN3O4/c20-16-6-4-13(9-18(16)23(25)26)5-7-19(24)27-12-14-11-22-8-2-1-3-17(22)15(14)10-21/h1-9,11H,12H2/b7-5+. The molecule has 134 valence electrons. The molecule has 0 N–H and O–H groups in total. The molecule has 1 aromatic carbocycles. The molecular formula is C19H12ClN3O4. The van der Waals surface area contributed by atoms with E-state index in [1.807, 2.05) is 12.1 Å². The molecule has 0 fully saturated rings. The number of nitrogens with zero attached hydrogens (tertiary/aromatic N) is 3. The minimum Gasteiger partial charge on any atom is -0.458 e. The average Bonchev–Trinajstić information content (AvgIpc) is 3.02. The molecule has 2 aromatic heterocycles. The van der Waals surface area contributed by atoms with Crippen molar-refractivity contribution in [2.24, 2.45) is 0 Å². The van der Waals surface area contributed by atoms with Crippen molar-refractivity contribution in [2.75, 3.05) is 0 Å². The van der Waals surface area contributed by atoms with E-state index in [0.29, 0.717) is 16.7 Å². The molecule has 0 aliphatic carbocycles. The molecule has 0 saturated heterocycles. The number of benzene rings is 1. The summed E-state index contributed by atoms with van der Waals surface area (Å²) in [5, 5.41) is 20.2. The van der Waals surface area contributed by atoms with Crippen LogP contribution in [-0.2, 0) is 16.1 Å². The molecule has 0 aliphatic rings. The first-order valence-electron chi connectivity index (χ1n) is 7.77. The maximum atomic E-state index is 11.9. The first-order chi connectivity index (χ1) is 13.0. The summed E-state index contributed by atoms with van der Waals surface area (Å²) in [6.07, 6.45) is 6.09. The topological polar surface area (TPSA) is 97.6 Å². The van der Waals surface area contributed by atoms with Gasteiger partial charge in [-0.15, -0.1) is 0 Å². The zero-order chi connectivity index (χ0) is 19.4. The third-order valence-corrected chi connectivity index (χ3v) is 4.14. The summed E-state index contributed by atoms with van der Waals surface area (Å²) in [6.45, 7) is -0.0610. The highest BCUT2D eigenvalue weighted by atomic mass is 35.5. The number of carbonyl (C=O) groups excluding carboxylic acids is 1. The molecule has 27 heavy (non-hydrogen) atoms. The second-order valence-corrected chi connectivity index (χ2v) is 5.95. The predicted molar refractivity (Wildman–Crippen MR) is 99.0 cm³/mol. The van der Waals surface area contributed by atoms with Gasteiger partial charge in [0, 0.05) is 30.1 Å². The molecule has 0 unspecified atom stereocenters. The van der Waals surface area contributed by atoms with Crippen LogP contribution in [0.15, 0.2) is 54.9 Å². The summed E-state index contributed by atoms with van der Waals surface area (Å²) in [6, 6.07) is 11.8. The third kappa shape index (κ3) is 3.97. The van der Waals surface area contributed by atoms with Gasteiger partial charge in [-0.2, -0.15) is 5.26 Å². The SMILES string of the molecule is N#Cc1c(COC(=O)/C=C/c2ccc(Cl)c([N+](=O)[O-])c2)cn2ccccc12. The average molecular weight is 382 g/mol. The number of fused-ring (bicyclic) bond motifs is 1. The fraction of sp³-hybridized carbons (Fsp3) is 0.0526. The van der Waals surface area contributed by atoms with Crippen molar-refractivity contribution in [3.05, 3.63) is 86.7 Å². The van der Waals surface area contributed by atoms with E-state index in [-0.39, 0.29) is 17.3 Å². The van der Waals surface area contributed by atoms with Crippen molar-refractivity contribution in [1.29, 1.82) is 5.26 Å². The van der Waals surface area contributed by atoms with Crippen LogP contribution in [0, 0.1) is 21.4 Å². The van der Waals surface area contributed by atoms with E-state index in [0.717, 1.165) is 11.6 Å². The molecule has 7 nitrogen and oxygen atoms in total. The van der Waals surface area contributed by atoms with E-state index in [1.54, 1.807) is 28.9 Å². The smallest absolute Gasteiger partial charge is 0.331 e. The molecule has 0 atom stereocenters. The number of carbonyl (C=O) groups is 1. The number of nitro benzene ring substituents is 1. The van der Waals surface area contributed by atoms with E-state index >= 15 is 0 Å². The summed E-state index contributed by atoms with van der Waals surface area (Å²) in [4.78, 5) is 22.2. The van der Waals surface area contributed by atoms with Gasteiger partial charge in [0.15, 0.2) is 0 Å². The second-order valence-electron chi connectivity index (χ2n) is 5.54. The Morgan fingerprint density at radius 2 is 2.19 bits per heavy atom. The zero-order valence-corrected chi connectivity index (χ0v) is 14.6. The van der Waals surface area contributed by atoms with Gasteiger partial charge < -0.3 is 9.14 Å². The van der Waals surface area contributed by atoms with Crippen LogP contribution in [0.2, 0.25) is 5.02 Å². The number of halogens is 1. The normalized spacial score (nSPS) is 10.8. The van der Waals surface area contributed by atoms with Gasteiger partial charge in [-0.25, -0.2) is 4.79 Å². The second kappa shape index (κ2) is 7.72. The van der Waals surface area contributed by atoms with Crippen molar-refractivity contribution in [3.8, 4) is 6.07 Å². The first-order valence-corrected chi connectivity index (χ1v) is 8.15. The van der Waals surface area contributed by atoms with Gasteiger partial charge in [-0.3, -0.25) is 10.1 Å². The highest BCUT2D eigenvalue weighted by molar-refractivity contribution is 6.32. The van der Waals surface area contributed by atoms with E-state index in [1.165, 1.54) is 18.2 Å². The van der Waals surface area contributed by atoms with Gasteiger partial charge in [-0.1, -0.05) is 23.7 Å². The number of hydrogen-bond donors (Lipinski definition) is 0. The van der Waals surface area contributed by atoms with Crippen LogP contribution in [0.5, 0.6) is 0 Å². The molecule has 3 rings (SSSR count). The minimum atomic E-state index is -0.633. The van der Waals surface area contributed by atoms with Gasteiger partial charge >= 0.3 is 5.97 Å². The number of nitro groups is 1. The Bertz CT molecular complexity index is 1110. The summed E-state index contributed by atoms with van der Waals surface area (Å²) in [5.41, 5.74) is 1.96. The largest absolute Gasteiger partial charge is 0.458 e. The lowest BCUT2D eigenvalue weighted by molar-refractivity contribution is -0.384. The van der Waals surface area contributed by atoms with Gasteiger partial charge in [0.1, 0.15) is 17.7 Å². The van der Waals surface area contributed by atoms with Crippen molar-refractivity contribution < 1.29 is 14.5 Å². The number of hydrogen-bond acceptors (Lipinski definition) is 5.